The lowest BCUT2D eigenvalue weighted by molar-refractivity contribution is 0.475. The van der Waals surface area contributed by atoms with Crippen molar-refractivity contribution in [1.82, 2.24) is 0 Å². The Morgan fingerprint density at radius 2 is 0.784 bits per heavy atom. The number of unbranched alkanes of at least 4 members (excludes halogenated alkanes) is 1. The molecule has 1 aliphatic carbocycles. The van der Waals surface area contributed by atoms with Crippen LogP contribution in [0.2, 0.25) is 0 Å². The summed E-state index contributed by atoms with van der Waals surface area (Å²) in [5, 5.41) is 19.2. The van der Waals surface area contributed by atoms with Gasteiger partial charge in [0.25, 0.3) is 0 Å². The number of hydrogen-bond donors (Lipinski definition) is 2. The van der Waals surface area contributed by atoms with Crippen LogP contribution in [0, 0.1) is 0 Å². The smallest absolute Gasteiger partial charge is 0.115 e. The predicted molar refractivity (Wildman–Crippen MR) is 161 cm³/mol. The first-order chi connectivity index (χ1) is 17.8. The number of phenolic OH excluding ortho intramolecular Hbond substituents is 2. The quantitative estimate of drug-likeness (QED) is 0.296. The Morgan fingerprint density at radius 1 is 0.486 bits per heavy atom. The number of aromatic hydroxyl groups is 2. The van der Waals surface area contributed by atoms with Crippen LogP contribution in [0.1, 0.15) is 79.4 Å². The van der Waals surface area contributed by atoms with Crippen LogP contribution in [-0.2, 0) is 5.41 Å². The van der Waals surface area contributed by atoms with Gasteiger partial charge in [0.15, 0.2) is 0 Å². The lowest BCUT2D eigenvalue weighted by atomic mass is 9.81. The van der Waals surface area contributed by atoms with Crippen LogP contribution in [0.15, 0.2) is 84.9 Å². The van der Waals surface area contributed by atoms with Crippen molar-refractivity contribution in [2.45, 2.75) is 73.6 Å². The number of fused-ring (bicyclic) bond motifs is 3. The molecule has 0 unspecified atom stereocenters. The van der Waals surface area contributed by atoms with Gasteiger partial charge in [-0.3, -0.25) is 0 Å². The third-order valence-electron chi connectivity index (χ3n) is 6.58. The van der Waals surface area contributed by atoms with Crippen molar-refractivity contribution >= 4 is 0 Å². The van der Waals surface area contributed by atoms with E-state index in [0.717, 1.165) is 22.3 Å². The summed E-state index contributed by atoms with van der Waals surface area (Å²) in [5.41, 5.74) is 9.61. The van der Waals surface area contributed by atoms with Gasteiger partial charge in [-0.05, 0) is 80.9 Å². The molecular weight excluding hydrogens is 452 g/mol. The van der Waals surface area contributed by atoms with E-state index in [2.05, 4.69) is 64.1 Å². The van der Waals surface area contributed by atoms with Gasteiger partial charge in [0.05, 0.1) is 0 Å². The van der Waals surface area contributed by atoms with E-state index in [0.29, 0.717) is 0 Å². The monoisotopic (exact) mass is 496 g/mol. The number of phenols is 2. The molecule has 0 aromatic heterocycles. The minimum atomic E-state index is -0.107. The van der Waals surface area contributed by atoms with Gasteiger partial charge in [0.2, 0.25) is 0 Å². The predicted octanol–water partition coefficient (Wildman–Crippen LogP) is 10.6. The summed E-state index contributed by atoms with van der Waals surface area (Å²) in [6.07, 6.45) is 2.64. The van der Waals surface area contributed by atoms with Crippen LogP contribution in [0.3, 0.4) is 0 Å². The molecule has 0 amide bonds. The molecule has 1 aliphatic rings. The molecule has 196 valence electrons. The Bertz CT molecular complexity index is 1150. The fourth-order valence-corrected chi connectivity index (χ4v) is 4.40. The molecule has 4 aromatic carbocycles. The number of benzene rings is 4. The third kappa shape index (κ3) is 6.63. The summed E-state index contributed by atoms with van der Waals surface area (Å²) in [6, 6.07) is 28.0. The van der Waals surface area contributed by atoms with E-state index in [-0.39, 0.29) is 16.9 Å². The summed E-state index contributed by atoms with van der Waals surface area (Å²) in [7, 11) is 0. The van der Waals surface area contributed by atoms with Gasteiger partial charge in [-0.15, -0.1) is 0 Å². The Balaban J connectivity index is 0.000000541. The van der Waals surface area contributed by atoms with Gasteiger partial charge in [-0.1, -0.05) is 117 Å². The third-order valence-corrected chi connectivity index (χ3v) is 6.58. The number of rotatable bonds is 3. The van der Waals surface area contributed by atoms with E-state index in [1.165, 1.54) is 35.1 Å². The maximum absolute atomic E-state index is 9.58. The highest BCUT2D eigenvalue weighted by Crippen LogP contribution is 2.50. The maximum Gasteiger partial charge on any atom is 0.115 e. The largest absolute Gasteiger partial charge is 0.508 e. The van der Waals surface area contributed by atoms with Gasteiger partial charge < -0.3 is 10.2 Å². The Morgan fingerprint density at radius 3 is 1.08 bits per heavy atom. The van der Waals surface area contributed by atoms with Crippen molar-refractivity contribution < 1.29 is 10.2 Å². The number of hydrogen-bond acceptors (Lipinski definition) is 2. The topological polar surface area (TPSA) is 40.5 Å². The highest BCUT2D eigenvalue weighted by Gasteiger charge is 2.35. The molecule has 0 spiro atoms. The fraction of sp³-hybridized carbons (Fsp3) is 0.314. The molecule has 0 saturated carbocycles. The normalized spacial score (nSPS) is 11.9. The van der Waals surface area contributed by atoms with E-state index in [9.17, 15) is 10.2 Å². The van der Waals surface area contributed by atoms with Crippen LogP contribution < -0.4 is 0 Å². The van der Waals surface area contributed by atoms with Gasteiger partial charge in [-0.25, -0.2) is 0 Å². The SMILES string of the molecule is CC.CC.CC1(C)c2cc(-c3ccc(O)cc3)ccc2-c2ccc(-c3ccc(O)cc3)cc21.CCCC. The van der Waals surface area contributed by atoms with Crippen LogP contribution in [0.5, 0.6) is 11.5 Å². The highest BCUT2D eigenvalue weighted by molar-refractivity contribution is 5.85. The molecular formula is C35H44O2. The molecule has 2 N–H and O–H groups in total. The fourth-order valence-electron chi connectivity index (χ4n) is 4.40. The molecule has 0 atom stereocenters. The summed E-state index contributed by atoms with van der Waals surface area (Å²) < 4.78 is 0. The van der Waals surface area contributed by atoms with Crippen LogP contribution in [0.4, 0.5) is 0 Å². The van der Waals surface area contributed by atoms with Gasteiger partial charge >= 0.3 is 0 Å². The molecule has 4 aromatic rings. The summed E-state index contributed by atoms with van der Waals surface area (Å²) in [6.45, 7) is 16.9. The van der Waals surface area contributed by atoms with Crippen LogP contribution >= 0.6 is 0 Å². The van der Waals surface area contributed by atoms with E-state index in [4.69, 9.17) is 0 Å². The molecule has 2 nitrogen and oxygen atoms in total. The first kappa shape index (κ1) is 29.7. The minimum absolute atomic E-state index is 0.107. The average Bonchev–Trinajstić information content (AvgIpc) is 3.17. The molecule has 0 heterocycles. The molecule has 37 heavy (non-hydrogen) atoms. The molecule has 5 rings (SSSR count). The lowest BCUT2D eigenvalue weighted by Crippen LogP contribution is -2.15. The van der Waals surface area contributed by atoms with Crippen molar-refractivity contribution in [3.05, 3.63) is 96.1 Å². The van der Waals surface area contributed by atoms with Gasteiger partial charge in [-0.2, -0.15) is 0 Å². The van der Waals surface area contributed by atoms with Crippen LogP contribution in [0.25, 0.3) is 33.4 Å². The minimum Gasteiger partial charge on any atom is -0.508 e. The summed E-state index contributed by atoms with van der Waals surface area (Å²) in [5.74, 6) is 0.564. The van der Waals surface area contributed by atoms with Crippen molar-refractivity contribution in [1.29, 1.82) is 0 Å². The first-order valence-corrected chi connectivity index (χ1v) is 13.7. The van der Waals surface area contributed by atoms with E-state index >= 15 is 0 Å². The molecule has 0 aliphatic heterocycles. The molecule has 0 radical (unpaired) electrons. The van der Waals surface area contributed by atoms with Crippen molar-refractivity contribution in [3.8, 4) is 44.9 Å². The lowest BCUT2D eigenvalue weighted by Gasteiger charge is -2.22. The molecule has 0 fully saturated rings. The average molecular weight is 497 g/mol. The molecule has 0 saturated heterocycles. The van der Waals surface area contributed by atoms with E-state index in [1.54, 1.807) is 24.3 Å². The van der Waals surface area contributed by atoms with Crippen molar-refractivity contribution in [2.24, 2.45) is 0 Å². The Hall–Kier alpha value is -3.52. The van der Waals surface area contributed by atoms with Crippen molar-refractivity contribution in [3.63, 3.8) is 0 Å². The summed E-state index contributed by atoms with van der Waals surface area (Å²) in [4.78, 5) is 0. The Labute approximate surface area is 224 Å². The second-order valence-electron chi connectivity index (χ2n) is 9.24. The zero-order valence-corrected chi connectivity index (χ0v) is 23.9. The van der Waals surface area contributed by atoms with E-state index < -0.39 is 0 Å². The first-order valence-electron chi connectivity index (χ1n) is 13.7. The second-order valence-corrected chi connectivity index (χ2v) is 9.24. The molecule has 2 heteroatoms. The Kier molecular flexibility index (Phi) is 11.0. The zero-order chi connectivity index (χ0) is 27.6. The molecule has 0 bridgehead atoms. The van der Waals surface area contributed by atoms with Crippen LogP contribution in [-0.4, -0.2) is 10.2 Å². The second kappa shape index (κ2) is 13.7. The van der Waals surface area contributed by atoms with Gasteiger partial charge in [0.1, 0.15) is 11.5 Å². The summed E-state index contributed by atoms with van der Waals surface area (Å²) >= 11 is 0. The standard InChI is InChI=1S/C27H22O2.C4H10.2C2H6/c1-27(2)25-15-19(17-3-9-21(28)10-4-17)7-13-23(25)24-14-8-20(16-26(24)27)18-5-11-22(29)12-6-18;1-3-4-2;2*1-2/h3-16,28-29H,1-2H3;3-4H2,1-2H3;2*1-2H3. The van der Waals surface area contributed by atoms with E-state index in [1.807, 2.05) is 52.0 Å². The van der Waals surface area contributed by atoms with Crippen molar-refractivity contribution in [2.75, 3.05) is 0 Å². The van der Waals surface area contributed by atoms with Gasteiger partial charge in [0, 0.05) is 5.41 Å². The maximum atomic E-state index is 9.58. The highest BCUT2D eigenvalue weighted by atomic mass is 16.3. The zero-order valence-electron chi connectivity index (χ0n) is 23.9.